The van der Waals surface area contributed by atoms with E-state index in [0.29, 0.717) is 0 Å². The normalized spacial score (nSPS) is 12.2. The third kappa shape index (κ3) is 7.12. The van der Waals surface area contributed by atoms with Crippen LogP contribution in [-0.4, -0.2) is 24.1 Å². The molecule has 13 heteroatoms. The highest BCUT2D eigenvalue weighted by Gasteiger charge is 2.35. The number of benzene rings is 3. The molecule has 0 aliphatic heterocycles. The average Bonchev–Trinajstić information content (AvgIpc) is 2.82. The van der Waals surface area contributed by atoms with Crippen molar-refractivity contribution in [2.75, 3.05) is 0 Å². The quantitative estimate of drug-likeness (QED) is 0.222. The SMILES string of the molecule is FC(F)(F)Oc1ccccc1-c1cc(-c2ccccc2OC(F)(F)F)c(-c2ccccc2OC(F)(F)F)cn1. The van der Waals surface area contributed by atoms with Gasteiger partial charge in [0.15, 0.2) is 0 Å². The minimum absolute atomic E-state index is 0.119. The van der Waals surface area contributed by atoms with E-state index >= 15 is 0 Å². The molecule has 0 saturated heterocycles. The number of halogens is 9. The topological polar surface area (TPSA) is 40.6 Å². The highest BCUT2D eigenvalue weighted by atomic mass is 19.4. The Morgan fingerprint density at radius 2 is 0.795 bits per heavy atom. The van der Waals surface area contributed by atoms with Gasteiger partial charge in [0, 0.05) is 28.5 Å². The first kappa shape index (κ1) is 27.6. The minimum atomic E-state index is -5.13. The zero-order chi connectivity index (χ0) is 28.4. The maximum atomic E-state index is 13.2. The number of ether oxygens (including phenoxy) is 3. The van der Waals surface area contributed by atoms with E-state index in [2.05, 4.69) is 19.2 Å². The van der Waals surface area contributed by atoms with Crippen LogP contribution in [0.25, 0.3) is 33.5 Å². The van der Waals surface area contributed by atoms with Crippen molar-refractivity contribution in [3.63, 3.8) is 0 Å². The predicted molar refractivity (Wildman–Crippen MR) is 121 cm³/mol. The Labute approximate surface area is 214 Å². The van der Waals surface area contributed by atoms with E-state index in [4.69, 9.17) is 0 Å². The number of para-hydroxylation sites is 3. The smallest absolute Gasteiger partial charge is 0.405 e. The fourth-order valence-corrected chi connectivity index (χ4v) is 3.74. The summed E-state index contributed by atoms with van der Waals surface area (Å²) in [5.74, 6) is -2.05. The van der Waals surface area contributed by atoms with Crippen molar-refractivity contribution in [1.29, 1.82) is 0 Å². The van der Waals surface area contributed by atoms with Crippen LogP contribution in [0.1, 0.15) is 0 Å². The molecule has 0 atom stereocenters. The Morgan fingerprint density at radius 3 is 1.23 bits per heavy atom. The first-order chi connectivity index (χ1) is 18.2. The molecule has 4 rings (SSSR count). The van der Waals surface area contributed by atoms with E-state index in [-0.39, 0.29) is 33.5 Å². The van der Waals surface area contributed by atoms with E-state index in [0.717, 1.165) is 30.5 Å². The van der Waals surface area contributed by atoms with Gasteiger partial charge in [-0.25, -0.2) is 0 Å². The van der Waals surface area contributed by atoms with Crippen molar-refractivity contribution in [2.24, 2.45) is 0 Å². The largest absolute Gasteiger partial charge is 0.573 e. The summed E-state index contributed by atoms with van der Waals surface area (Å²) in [5, 5.41) is 0. The lowest BCUT2D eigenvalue weighted by Gasteiger charge is -2.19. The molecule has 0 N–H and O–H groups in total. The molecule has 204 valence electrons. The van der Waals surface area contributed by atoms with Gasteiger partial charge >= 0.3 is 19.1 Å². The summed E-state index contributed by atoms with van der Waals surface area (Å²) >= 11 is 0. The highest BCUT2D eigenvalue weighted by molar-refractivity contribution is 5.90. The third-order valence-electron chi connectivity index (χ3n) is 5.10. The Bertz CT molecular complexity index is 1460. The summed E-state index contributed by atoms with van der Waals surface area (Å²) in [7, 11) is 0. The van der Waals surface area contributed by atoms with Crippen LogP contribution >= 0.6 is 0 Å². The van der Waals surface area contributed by atoms with Crippen molar-refractivity contribution < 1.29 is 53.7 Å². The summed E-state index contributed by atoms with van der Waals surface area (Å²) < 4.78 is 130. The summed E-state index contributed by atoms with van der Waals surface area (Å²) in [4.78, 5) is 4.10. The number of rotatable bonds is 6. The number of hydrogen-bond donors (Lipinski definition) is 0. The molecule has 1 aromatic heterocycles. The second-order valence-electron chi connectivity index (χ2n) is 7.75. The van der Waals surface area contributed by atoms with Crippen LogP contribution in [-0.2, 0) is 0 Å². The molecular formula is C26H14F9NO3. The monoisotopic (exact) mass is 559 g/mol. The van der Waals surface area contributed by atoms with Gasteiger partial charge in [0.1, 0.15) is 17.2 Å². The Kier molecular flexibility index (Phi) is 7.35. The van der Waals surface area contributed by atoms with E-state index in [1.54, 1.807) is 0 Å². The molecule has 0 saturated carbocycles. The summed E-state index contributed by atoms with van der Waals surface area (Å²) in [6.07, 6.45) is -14.3. The van der Waals surface area contributed by atoms with Crippen LogP contribution in [0.2, 0.25) is 0 Å². The van der Waals surface area contributed by atoms with Gasteiger partial charge in [0.05, 0.1) is 5.69 Å². The van der Waals surface area contributed by atoms with Crippen molar-refractivity contribution in [3.05, 3.63) is 85.1 Å². The van der Waals surface area contributed by atoms with Gasteiger partial charge in [-0.05, 0) is 35.9 Å². The molecule has 4 aromatic rings. The van der Waals surface area contributed by atoms with Crippen LogP contribution in [0.15, 0.2) is 85.1 Å². The molecule has 0 bridgehead atoms. The molecule has 0 aliphatic carbocycles. The molecule has 0 radical (unpaired) electrons. The van der Waals surface area contributed by atoms with Gasteiger partial charge in [0.25, 0.3) is 0 Å². The molecule has 0 aliphatic rings. The fraction of sp³-hybridized carbons (Fsp3) is 0.115. The summed E-state index contributed by atoms with van der Waals surface area (Å²) in [6.45, 7) is 0. The van der Waals surface area contributed by atoms with Crippen LogP contribution in [0, 0.1) is 0 Å². The van der Waals surface area contributed by atoms with Crippen molar-refractivity contribution >= 4 is 0 Å². The van der Waals surface area contributed by atoms with Crippen LogP contribution in [0.5, 0.6) is 17.2 Å². The second-order valence-corrected chi connectivity index (χ2v) is 7.75. The number of pyridine rings is 1. The maximum absolute atomic E-state index is 13.2. The standard InChI is InChI=1S/C26H14F9NO3/c27-24(28,29)37-21-10-4-1-7-15(21)18-13-20(17-9-3-6-12-23(17)39-26(33,34)35)36-14-19(18)16-8-2-5-11-22(16)38-25(30,31)32/h1-14H. The average molecular weight is 559 g/mol. The van der Waals surface area contributed by atoms with Crippen LogP contribution in [0.4, 0.5) is 39.5 Å². The third-order valence-corrected chi connectivity index (χ3v) is 5.10. The number of hydrogen-bond acceptors (Lipinski definition) is 4. The van der Waals surface area contributed by atoms with Gasteiger partial charge in [0.2, 0.25) is 0 Å². The van der Waals surface area contributed by atoms with Gasteiger partial charge in [-0.2, -0.15) is 0 Å². The lowest BCUT2D eigenvalue weighted by Crippen LogP contribution is -2.18. The van der Waals surface area contributed by atoms with E-state index in [9.17, 15) is 39.5 Å². The Hall–Kier alpha value is -4.42. The maximum Gasteiger partial charge on any atom is 0.573 e. The zero-order valence-electron chi connectivity index (χ0n) is 19.2. The first-order valence-corrected chi connectivity index (χ1v) is 10.8. The number of nitrogens with zero attached hydrogens (tertiary/aromatic N) is 1. The zero-order valence-corrected chi connectivity index (χ0v) is 19.2. The molecule has 4 nitrogen and oxygen atoms in total. The van der Waals surface area contributed by atoms with Crippen molar-refractivity contribution in [1.82, 2.24) is 4.98 Å². The molecular weight excluding hydrogens is 545 g/mol. The van der Waals surface area contributed by atoms with Crippen molar-refractivity contribution in [2.45, 2.75) is 19.1 Å². The van der Waals surface area contributed by atoms with Gasteiger partial charge in [-0.3, -0.25) is 4.98 Å². The number of alkyl halides is 9. The molecule has 39 heavy (non-hydrogen) atoms. The fourth-order valence-electron chi connectivity index (χ4n) is 3.74. The highest BCUT2D eigenvalue weighted by Crippen LogP contribution is 2.44. The van der Waals surface area contributed by atoms with Crippen LogP contribution in [0.3, 0.4) is 0 Å². The van der Waals surface area contributed by atoms with Gasteiger partial charge in [-0.15, -0.1) is 39.5 Å². The first-order valence-electron chi connectivity index (χ1n) is 10.8. The van der Waals surface area contributed by atoms with Gasteiger partial charge in [-0.1, -0.05) is 48.5 Å². The molecule has 0 unspecified atom stereocenters. The molecule has 3 aromatic carbocycles. The number of aromatic nitrogens is 1. The molecule has 0 amide bonds. The Morgan fingerprint density at radius 1 is 0.436 bits per heavy atom. The van der Waals surface area contributed by atoms with Gasteiger partial charge < -0.3 is 14.2 Å². The summed E-state index contributed by atoms with van der Waals surface area (Å²) in [6, 6.07) is 15.6. The second kappa shape index (κ2) is 10.4. The van der Waals surface area contributed by atoms with Crippen LogP contribution < -0.4 is 14.2 Å². The molecule has 1 heterocycles. The molecule has 0 spiro atoms. The lowest BCUT2D eigenvalue weighted by molar-refractivity contribution is -0.275. The summed E-state index contributed by atoms with van der Waals surface area (Å²) in [5.41, 5.74) is -1.05. The van der Waals surface area contributed by atoms with E-state index < -0.39 is 36.3 Å². The molecule has 0 fully saturated rings. The predicted octanol–water partition coefficient (Wildman–Crippen LogP) is 8.78. The van der Waals surface area contributed by atoms with Crippen molar-refractivity contribution in [3.8, 4) is 50.8 Å². The van der Waals surface area contributed by atoms with E-state index in [1.165, 1.54) is 54.6 Å². The van der Waals surface area contributed by atoms with E-state index in [1.807, 2.05) is 0 Å². The lowest BCUT2D eigenvalue weighted by atomic mass is 9.93. The Balaban J connectivity index is 1.98. The minimum Gasteiger partial charge on any atom is -0.405 e.